The largest absolute Gasteiger partial charge is 0.500 e. The monoisotopic (exact) mass is 755 g/mol. The number of fused-ring (bicyclic) bond motifs is 3. The molecule has 0 unspecified atom stereocenters. The first-order chi connectivity index (χ1) is 21.0. The molecule has 3 heterocycles. The Morgan fingerprint density at radius 1 is 0.773 bits per heavy atom. The number of halogens is 1. The van der Waals surface area contributed by atoms with E-state index in [0.29, 0.717) is 22.6 Å². The third kappa shape index (κ3) is 6.55. The van der Waals surface area contributed by atoms with Crippen molar-refractivity contribution in [3.8, 4) is 33.6 Å². The Hall–Kier alpha value is -4.44. The molecule has 3 aromatic heterocycles. The van der Waals surface area contributed by atoms with E-state index >= 15 is 0 Å². The standard InChI is InChI=1S/C23H13FNO.C16H18N.Ir/c24-19-13-12-17-16-9-6-10-18(20-11-4-5-14-25-20)22(16)26-23(17)21(19)15-7-2-1-3-8-15;1-12(2)9-15-10-16(17-11-13(15)3)14-7-5-4-6-8-14;/h1-9,11-14H;4-7,10-12H,9H2,1-3H3;/q2*-1;. The van der Waals surface area contributed by atoms with Crippen LogP contribution in [0.25, 0.3) is 55.6 Å². The summed E-state index contributed by atoms with van der Waals surface area (Å²) in [6.07, 6.45) is 4.81. The van der Waals surface area contributed by atoms with Crippen molar-refractivity contribution in [1.82, 2.24) is 9.97 Å². The second-order valence-corrected chi connectivity index (χ2v) is 10.9. The van der Waals surface area contributed by atoms with E-state index < -0.39 is 0 Å². The molecule has 0 saturated heterocycles. The van der Waals surface area contributed by atoms with Crippen molar-refractivity contribution in [1.29, 1.82) is 0 Å². The Kier molecular flexibility index (Phi) is 9.79. The zero-order valence-corrected chi connectivity index (χ0v) is 27.2. The Bertz CT molecular complexity index is 1990. The van der Waals surface area contributed by atoms with E-state index in [-0.39, 0.29) is 25.9 Å². The average Bonchev–Trinajstić information content (AvgIpc) is 3.42. The van der Waals surface area contributed by atoms with Gasteiger partial charge in [0, 0.05) is 37.9 Å². The summed E-state index contributed by atoms with van der Waals surface area (Å²) in [6.45, 7) is 6.62. The Morgan fingerprint density at radius 3 is 2.27 bits per heavy atom. The number of pyridine rings is 2. The molecule has 44 heavy (non-hydrogen) atoms. The summed E-state index contributed by atoms with van der Waals surface area (Å²) in [5, 5.41) is 1.81. The van der Waals surface area contributed by atoms with Crippen LogP contribution in [0.1, 0.15) is 25.0 Å². The van der Waals surface area contributed by atoms with Gasteiger partial charge < -0.3 is 14.4 Å². The van der Waals surface area contributed by atoms with Gasteiger partial charge in [0.2, 0.25) is 0 Å². The van der Waals surface area contributed by atoms with Crippen LogP contribution in [0.3, 0.4) is 0 Å². The minimum absolute atomic E-state index is 0. The summed E-state index contributed by atoms with van der Waals surface area (Å²) in [7, 11) is 0. The van der Waals surface area contributed by atoms with E-state index in [0.717, 1.165) is 45.3 Å². The zero-order chi connectivity index (χ0) is 29.8. The molecule has 1 radical (unpaired) electrons. The SMILES string of the molecule is Cc1cnc(-c2[c-]cccc2)cc1CC(C)C.Fc1ccc2c(oc3c(-c4ccccn4)[c-]ccc32)c1-c1ccccc1.[Ir]. The first-order valence-corrected chi connectivity index (χ1v) is 14.4. The predicted octanol–water partition coefficient (Wildman–Crippen LogP) is 10.3. The summed E-state index contributed by atoms with van der Waals surface area (Å²) in [4.78, 5) is 8.89. The smallest absolute Gasteiger partial charge is 0.134 e. The quantitative estimate of drug-likeness (QED) is 0.164. The normalized spacial score (nSPS) is 10.8. The molecular weight excluding hydrogens is 724 g/mol. The van der Waals surface area contributed by atoms with Crippen molar-refractivity contribution in [2.75, 3.05) is 0 Å². The van der Waals surface area contributed by atoms with Gasteiger partial charge in [-0.05, 0) is 60.0 Å². The summed E-state index contributed by atoms with van der Waals surface area (Å²) in [6, 6.07) is 38.8. The first-order valence-electron chi connectivity index (χ1n) is 14.4. The number of nitrogens with zero attached hydrogens (tertiary/aromatic N) is 2. The van der Waals surface area contributed by atoms with Crippen LogP contribution in [0.2, 0.25) is 0 Å². The Morgan fingerprint density at radius 2 is 1.55 bits per heavy atom. The van der Waals surface area contributed by atoms with E-state index in [1.165, 1.54) is 17.2 Å². The molecule has 0 aliphatic heterocycles. The molecule has 5 heteroatoms. The fraction of sp³-hybridized carbons (Fsp3) is 0.128. The first kappa shape index (κ1) is 31.0. The number of benzene rings is 4. The van der Waals surface area contributed by atoms with E-state index in [4.69, 9.17) is 4.42 Å². The van der Waals surface area contributed by atoms with Crippen molar-refractivity contribution in [2.45, 2.75) is 27.2 Å². The molecule has 0 atom stereocenters. The molecule has 221 valence electrons. The third-order valence-corrected chi connectivity index (χ3v) is 7.36. The van der Waals surface area contributed by atoms with Crippen molar-refractivity contribution in [3.63, 3.8) is 0 Å². The molecule has 0 aliphatic rings. The van der Waals surface area contributed by atoms with Crippen LogP contribution < -0.4 is 0 Å². The number of hydrogen-bond acceptors (Lipinski definition) is 3. The molecule has 0 saturated carbocycles. The zero-order valence-electron chi connectivity index (χ0n) is 24.8. The molecular formula is C39H31FIrN2O-2. The number of hydrogen-bond donors (Lipinski definition) is 0. The van der Waals surface area contributed by atoms with Crippen molar-refractivity contribution in [2.24, 2.45) is 5.92 Å². The van der Waals surface area contributed by atoms with Crippen LogP contribution in [-0.2, 0) is 26.5 Å². The summed E-state index contributed by atoms with van der Waals surface area (Å²) in [5.74, 6) is 0.370. The van der Waals surface area contributed by atoms with Gasteiger partial charge in [0.25, 0.3) is 0 Å². The average molecular weight is 755 g/mol. The molecule has 0 fully saturated rings. The van der Waals surface area contributed by atoms with Gasteiger partial charge in [0.1, 0.15) is 11.4 Å². The van der Waals surface area contributed by atoms with E-state index in [2.05, 4.69) is 55.0 Å². The van der Waals surface area contributed by atoms with Crippen molar-refractivity contribution in [3.05, 3.63) is 145 Å². The second kappa shape index (κ2) is 13.9. The minimum atomic E-state index is -0.300. The van der Waals surface area contributed by atoms with E-state index in [1.807, 2.05) is 85.1 Å². The van der Waals surface area contributed by atoms with E-state index in [9.17, 15) is 4.39 Å². The number of rotatable bonds is 5. The molecule has 3 nitrogen and oxygen atoms in total. The maximum Gasteiger partial charge on any atom is 0.134 e. The Labute approximate surface area is 271 Å². The van der Waals surface area contributed by atoms with Gasteiger partial charge in [-0.3, -0.25) is 0 Å². The molecule has 0 aliphatic carbocycles. The van der Waals surface area contributed by atoms with Gasteiger partial charge >= 0.3 is 0 Å². The van der Waals surface area contributed by atoms with Crippen LogP contribution in [0, 0.1) is 30.8 Å². The summed E-state index contributed by atoms with van der Waals surface area (Å²) < 4.78 is 20.9. The van der Waals surface area contributed by atoms with Crippen LogP contribution in [0.15, 0.2) is 120 Å². The molecule has 0 N–H and O–H groups in total. The van der Waals surface area contributed by atoms with Gasteiger partial charge in [0.15, 0.2) is 0 Å². The summed E-state index contributed by atoms with van der Waals surface area (Å²) >= 11 is 0. The maximum absolute atomic E-state index is 14.7. The number of furan rings is 1. The van der Waals surface area contributed by atoms with Gasteiger partial charge in [-0.1, -0.05) is 78.9 Å². The van der Waals surface area contributed by atoms with Gasteiger partial charge in [0.05, 0.1) is 11.1 Å². The topological polar surface area (TPSA) is 38.9 Å². The van der Waals surface area contributed by atoms with Crippen LogP contribution in [-0.4, -0.2) is 9.97 Å². The van der Waals surface area contributed by atoms with Gasteiger partial charge in [-0.2, -0.15) is 0 Å². The van der Waals surface area contributed by atoms with Crippen molar-refractivity contribution < 1.29 is 28.9 Å². The minimum Gasteiger partial charge on any atom is -0.500 e. The molecule has 7 aromatic rings. The number of aryl methyl sites for hydroxylation is 1. The van der Waals surface area contributed by atoms with Gasteiger partial charge in [-0.25, -0.2) is 4.39 Å². The fourth-order valence-electron chi connectivity index (χ4n) is 5.28. The summed E-state index contributed by atoms with van der Waals surface area (Å²) in [5.41, 5.74) is 8.79. The number of aromatic nitrogens is 2. The fourth-order valence-corrected chi connectivity index (χ4v) is 5.28. The van der Waals surface area contributed by atoms with Crippen LogP contribution in [0.4, 0.5) is 4.39 Å². The second-order valence-electron chi connectivity index (χ2n) is 10.9. The third-order valence-electron chi connectivity index (χ3n) is 7.36. The predicted molar refractivity (Wildman–Crippen MR) is 173 cm³/mol. The molecule has 0 spiro atoms. The Balaban J connectivity index is 0.000000187. The maximum atomic E-state index is 14.7. The molecule has 0 bridgehead atoms. The van der Waals surface area contributed by atoms with Crippen molar-refractivity contribution >= 4 is 21.9 Å². The van der Waals surface area contributed by atoms with E-state index in [1.54, 1.807) is 12.3 Å². The molecule has 4 aromatic carbocycles. The van der Waals surface area contributed by atoms with Crippen LogP contribution >= 0.6 is 0 Å². The van der Waals surface area contributed by atoms with Crippen LogP contribution in [0.5, 0.6) is 0 Å². The van der Waals surface area contributed by atoms with Gasteiger partial charge in [-0.15, -0.1) is 54.1 Å². The molecule has 7 rings (SSSR count). The molecule has 0 amide bonds.